The minimum atomic E-state index is -1.52. The molecule has 0 spiro atoms. The first-order valence-electron chi connectivity index (χ1n) is 10.4. The number of benzene rings is 6. The van der Waals surface area contributed by atoms with Crippen molar-refractivity contribution in [3.05, 3.63) is 103 Å². The topological polar surface area (TPSA) is 40.5 Å². The van der Waals surface area contributed by atoms with Crippen molar-refractivity contribution >= 4 is 55.7 Å². The highest BCUT2D eigenvalue weighted by Crippen LogP contribution is 2.38. The first kappa shape index (κ1) is 18.1. The van der Waals surface area contributed by atoms with Gasteiger partial charge in [0, 0.05) is 0 Å². The van der Waals surface area contributed by atoms with Crippen LogP contribution in [0.2, 0.25) is 0 Å². The average Bonchev–Trinajstić information content (AvgIpc) is 2.82. The lowest BCUT2D eigenvalue weighted by Gasteiger charge is -2.16. The van der Waals surface area contributed by atoms with Gasteiger partial charge in [0.25, 0.3) is 0 Å². The predicted molar refractivity (Wildman–Crippen MR) is 132 cm³/mol. The zero-order valence-electron chi connectivity index (χ0n) is 16.8. The summed E-state index contributed by atoms with van der Waals surface area (Å²) in [6.45, 7) is 0. The summed E-state index contributed by atoms with van der Waals surface area (Å²) in [4.78, 5) is 0. The highest BCUT2D eigenvalue weighted by atomic mass is 16.4. The fourth-order valence-electron chi connectivity index (χ4n) is 4.79. The largest absolute Gasteiger partial charge is 0.489 e. The van der Waals surface area contributed by atoms with E-state index in [2.05, 4.69) is 72.8 Å². The molecule has 3 heteroatoms. The third-order valence-corrected chi connectivity index (χ3v) is 6.25. The number of fused-ring (bicyclic) bond motifs is 6. The summed E-state index contributed by atoms with van der Waals surface area (Å²) in [6.07, 6.45) is 0. The lowest BCUT2D eigenvalue weighted by molar-refractivity contribution is 0.426. The molecule has 31 heavy (non-hydrogen) atoms. The quantitative estimate of drug-likeness (QED) is 0.293. The Morgan fingerprint density at radius 3 is 1.77 bits per heavy atom. The van der Waals surface area contributed by atoms with Gasteiger partial charge in [0.1, 0.15) is 0 Å². The Bertz CT molecular complexity index is 1620. The Labute approximate surface area is 180 Å². The fourth-order valence-corrected chi connectivity index (χ4v) is 4.79. The van der Waals surface area contributed by atoms with Crippen LogP contribution in [-0.2, 0) is 0 Å². The highest BCUT2D eigenvalue weighted by Gasteiger charge is 2.19. The molecule has 0 heterocycles. The van der Waals surface area contributed by atoms with Gasteiger partial charge < -0.3 is 10.0 Å². The van der Waals surface area contributed by atoms with Crippen LogP contribution in [0, 0.1) is 0 Å². The molecule has 0 amide bonds. The van der Waals surface area contributed by atoms with Crippen LogP contribution < -0.4 is 5.46 Å². The van der Waals surface area contributed by atoms with Crippen LogP contribution in [0.1, 0.15) is 0 Å². The molecule has 0 fully saturated rings. The number of rotatable bonds is 2. The molecule has 0 atom stereocenters. The Balaban J connectivity index is 1.78. The van der Waals surface area contributed by atoms with Gasteiger partial charge in [0.15, 0.2) is 0 Å². The number of hydrogen-bond donors (Lipinski definition) is 2. The van der Waals surface area contributed by atoms with Crippen molar-refractivity contribution in [2.45, 2.75) is 0 Å². The van der Waals surface area contributed by atoms with Crippen molar-refractivity contribution < 1.29 is 10.0 Å². The smallest absolute Gasteiger partial charge is 0.423 e. The molecule has 0 aliphatic heterocycles. The van der Waals surface area contributed by atoms with Crippen molar-refractivity contribution in [1.29, 1.82) is 0 Å². The van der Waals surface area contributed by atoms with Crippen LogP contribution in [0.3, 0.4) is 0 Å². The van der Waals surface area contributed by atoms with Gasteiger partial charge in [0.05, 0.1) is 0 Å². The third-order valence-electron chi connectivity index (χ3n) is 6.25. The zero-order chi connectivity index (χ0) is 20.9. The molecule has 2 nitrogen and oxygen atoms in total. The predicted octanol–water partition coefficient (Wildman–Crippen LogP) is 5.65. The van der Waals surface area contributed by atoms with Gasteiger partial charge in [0.2, 0.25) is 0 Å². The maximum absolute atomic E-state index is 10.0. The van der Waals surface area contributed by atoms with E-state index in [1.807, 2.05) is 30.3 Å². The van der Waals surface area contributed by atoms with E-state index in [0.717, 1.165) is 32.3 Å². The van der Waals surface area contributed by atoms with Crippen molar-refractivity contribution in [1.82, 2.24) is 0 Å². The molecule has 0 aliphatic carbocycles. The molecule has 2 N–H and O–H groups in total. The molecule has 0 saturated carbocycles. The maximum Gasteiger partial charge on any atom is 0.489 e. The summed E-state index contributed by atoms with van der Waals surface area (Å²) in [5.74, 6) is 0. The van der Waals surface area contributed by atoms with Gasteiger partial charge in [-0.3, -0.25) is 0 Å². The van der Waals surface area contributed by atoms with Gasteiger partial charge >= 0.3 is 7.12 Å². The van der Waals surface area contributed by atoms with E-state index in [0.29, 0.717) is 5.46 Å². The highest BCUT2D eigenvalue weighted by molar-refractivity contribution is 6.63. The summed E-state index contributed by atoms with van der Waals surface area (Å²) in [5.41, 5.74) is 2.88. The molecule has 6 aromatic rings. The summed E-state index contributed by atoms with van der Waals surface area (Å²) in [6, 6.07) is 35.5. The summed E-state index contributed by atoms with van der Waals surface area (Å²) >= 11 is 0. The van der Waals surface area contributed by atoms with Gasteiger partial charge in [-0.05, 0) is 71.8 Å². The van der Waals surface area contributed by atoms with E-state index < -0.39 is 7.12 Å². The zero-order valence-corrected chi connectivity index (χ0v) is 16.8. The first-order chi connectivity index (χ1) is 15.2. The Morgan fingerprint density at radius 1 is 0.452 bits per heavy atom. The molecule has 6 rings (SSSR count). The van der Waals surface area contributed by atoms with Crippen LogP contribution in [-0.4, -0.2) is 17.2 Å². The van der Waals surface area contributed by atoms with Crippen molar-refractivity contribution in [3.63, 3.8) is 0 Å². The van der Waals surface area contributed by atoms with Crippen LogP contribution >= 0.6 is 0 Å². The minimum absolute atomic E-state index is 0.534. The summed E-state index contributed by atoms with van der Waals surface area (Å²) < 4.78 is 0. The van der Waals surface area contributed by atoms with E-state index in [1.165, 1.54) is 21.9 Å². The van der Waals surface area contributed by atoms with E-state index >= 15 is 0 Å². The van der Waals surface area contributed by atoms with E-state index in [-0.39, 0.29) is 0 Å². The molecule has 146 valence electrons. The van der Waals surface area contributed by atoms with Crippen molar-refractivity contribution in [2.24, 2.45) is 0 Å². The van der Waals surface area contributed by atoms with Crippen LogP contribution in [0.4, 0.5) is 0 Å². The molecule has 0 radical (unpaired) electrons. The second-order valence-electron chi connectivity index (χ2n) is 8.01. The van der Waals surface area contributed by atoms with Gasteiger partial charge in [-0.25, -0.2) is 0 Å². The van der Waals surface area contributed by atoms with E-state index in [4.69, 9.17) is 0 Å². The third kappa shape index (κ3) is 2.82. The molecule has 0 saturated heterocycles. The van der Waals surface area contributed by atoms with E-state index in [1.54, 1.807) is 0 Å². The van der Waals surface area contributed by atoms with Crippen LogP contribution in [0.25, 0.3) is 54.2 Å². The first-order valence-corrected chi connectivity index (χ1v) is 10.4. The van der Waals surface area contributed by atoms with Crippen LogP contribution in [0.15, 0.2) is 103 Å². The van der Waals surface area contributed by atoms with Gasteiger partial charge in [-0.1, -0.05) is 91.0 Å². The monoisotopic (exact) mass is 398 g/mol. The second kappa shape index (κ2) is 6.95. The Kier molecular flexibility index (Phi) is 4.07. The standard InChI is InChI=1S/C28H19BO2/c30-29(31)28-17-27-22-10-4-3-9-21(22)25(16-26(27)23-11-5-6-12-24(23)28)20-14-13-18-7-1-2-8-19(18)15-20/h1-17,30-31H. The molecule has 0 unspecified atom stereocenters. The van der Waals surface area contributed by atoms with Gasteiger partial charge in [-0.15, -0.1) is 0 Å². The molecular weight excluding hydrogens is 379 g/mol. The van der Waals surface area contributed by atoms with Gasteiger partial charge in [-0.2, -0.15) is 0 Å². The van der Waals surface area contributed by atoms with Crippen molar-refractivity contribution in [3.8, 4) is 11.1 Å². The Morgan fingerprint density at radius 2 is 1.03 bits per heavy atom. The molecule has 0 aromatic heterocycles. The van der Waals surface area contributed by atoms with Crippen LogP contribution in [0.5, 0.6) is 0 Å². The Hall–Kier alpha value is -3.66. The molecular formula is C28H19BO2. The van der Waals surface area contributed by atoms with E-state index in [9.17, 15) is 10.0 Å². The molecule has 0 bridgehead atoms. The lowest BCUT2D eigenvalue weighted by Crippen LogP contribution is -2.30. The maximum atomic E-state index is 10.0. The fraction of sp³-hybridized carbons (Fsp3) is 0. The average molecular weight is 398 g/mol. The SMILES string of the molecule is OB(O)c1cc2c3ccccc3c(-c3ccc4ccccc4c3)cc2c2ccccc12. The molecule has 0 aliphatic rings. The van der Waals surface area contributed by atoms with Crippen molar-refractivity contribution in [2.75, 3.05) is 0 Å². The summed E-state index contributed by atoms with van der Waals surface area (Å²) in [7, 11) is -1.52. The molecule has 6 aromatic carbocycles. The normalized spacial score (nSPS) is 11.5. The second-order valence-corrected chi connectivity index (χ2v) is 8.01. The lowest BCUT2D eigenvalue weighted by atomic mass is 9.75. The summed E-state index contributed by atoms with van der Waals surface area (Å²) in [5, 5.41) is 28.8. The number of hydrogen-bond acceptors (Lipinski definition) is 2. The minimum Gasteiger partial charge on any atom is -0.423 e.